The lowest BCUT2D eigenvalue weighted by Gasteiger charge is -2.35. The Morgan fingerprint density at radius 3 is 2.36 bits per heavy atom. The molecule has 0 aromatic carbocycles. The van der Waals surface area contributed by atoms with E-state index in [0.717, 1.165) is 0 Å². The number of hydrogen-bond donors (Lipinski definition) is 0. The summed E-state index contributed by atoms with van der Waals surface area (Å²) in [5, 5.41) is 8.68. The molecule has 0 amide bonds. The smallest absolute Gasteiger partial charge is 0.259 e. The normalized spacial score (nSPS) is 22.5. The molecule has 2 atom stereocenters. The van der Waals surface area contributed by atoms with Gasteiger partial charge in [-0.25, -0.2) is 4.67 Å². The molecule has 0 aromatic rings. The van der Waals surface area contributed by atoms with E-state index in [1.807, 2.05) is 13.8 Å². The maximum absolute atomic E-state index is 8.68. The third kappa shape index (κ3) is 6.45. The Morgan fingerprint density at radius 2 is 1.91 bits per heavy atom. The molecule has 1 fully saturated rings. The van der Waals surface area contributed by atoms with Gasteiger partial charge in [0, 0.05) is 12.1 Å². The van der Waals surface area contributed by atoms with Crippen LogP contribution in [-0.2, 0) is 18.5 Å². The van der Waals surface area contributed by atoms with Gasteiger partial charge in [-0.3, -0.25) is 0 Å². The Labute approximate surface area is 135 Å². The molecular formula is C15H29N2O4P. The minimum absolute atomic E-state index is 0.0826. The van der Waals surface area contributed by atoms with Crippen LogP contribution in [0.5, 0.6) is 0 Å². The van der Waals surface area contributed by atoms with Gasteiger partial charge in [0.15, 0.2) is 5.79 Å². The minimum Gasteiger partial charge on any atom is -0.348 e. The van der Waals surface area contributed by atoms with E-state index in [0.29, 0.717) is 38.3 Å². The summed E-state index contributed by atoms with van der Waals surface area (Å²) in [6.07, 6.45) is 0.281. The summed E-state index contributed by atoms with van der Waals surface area (Å²) in [4.78, 5) is 0. The average molecular weight is 332 g/mol. The molecular weight excluding hydrogens is 303 g/mol. The van der Waals surface area contributed by atoms with Crippen LogP contribution >= 0.6 is 8.53 Å². The van der Waals surface area contributed by atoms with Crippen LogP contribution in [0.3, 0.4) is 0 Å². The van der Waals surface area contributed by atoms with Crippen LogP contribution in [0.4, 0.5) is 0 Å². The number of rotatable bonds is 9. The summed E-state index contributed by atoms with van der Waals surface area (Å²) in [5.74, 6) is -0.547. The molecule has 0 N–H and O–H groups in total. The monoisotopic (exact) mass is 332 g/mol. The van der Waals surface area contributed by atoms with E-state index in [4.69, 9.17) is 23.8 Å². The lowest BCUT2D eigenvalue weighted by atomic mass is 10.3. The highest BCUT2D eigenvalue weighted by Crippen LogP contribution is 2.46. The van der Waals surface area contributed by atoms with E-state index >= 15 is 0 Å². The highest BCUT2D eigenvalue weighted by atomic mass is 31.2. The molecule has 1 aliphatic rings. The molecule has 0 spiro atoms. The first kappa shape index (κ1) is 19.8. The van der Waals surface area contributed by atoms with Gasteiger partial charge in [0.25, 0.3) is 8.53 Å². The van der Waals surface area contributed by atoms with Crippen molar-refractivity contribution in [2.45, 2.75) is 71.9 Å². The molecule has 1 rings (SSSR count). The van der Waals surface area contributed by atoms with Crippen molar-refractivity contribution in [3.8, 4) is 6.07 Å². The summed E-state index contributed by atoms with van der Waals surface area (Å²) < 4.78 is 25.3. The molecule has 1 saturated heterocycles. The van der Waals surface area contributed by atoms with Gasteiger partial charge in [-0.1, -0.05) is 0 Å². The molecule has 0 aromatic heterocycles. The zero-order valence-corrected chi connectivity index (χ0v) is 15.4. The Balaban J connectivity index is 2.59. The van der Waals surface area contributed by atoms with Crippen molar-refractivity contribution in [1.82, 2.24) is 4.67 Å². The molecule has 0 bridgehead atoms. The van der Waals surface area contributed by atoms with Gasteiger partial charge in [-0.2, -0.15) is 5.26 Å². The molecule has 7 heteroatoms. The largest absolute Gasteiger partial charge is 0.348 e. The maximum atomic E-state index is 8.68. The van der Waals surface area contributed by atoms with Gasteiger partial charge in [0.05, 0.1) is 32.3 Å². The van der Waals surface area contributed by atoms with Gasteiger partial charge in [0.2, 0.25) is 0 Å². The molecule has 128 valence electrons. The Bertz CT molecular complexity index is 363. The molecule has 6 nitrogen and oxygen atoms in total. The summed E-state index contributed by atoms with van der Waals surface area (Å²) in [7, 11) is -1.21. The average Bonchev–Trinajstić information content (AvgIpc) is 2.74. The third-order valence-electron chi connectivity index (χ3n) is 3.10. The van der Waals surface area contributed by atoms with Gasteiger partial charge < -0.3 is 18.5 Å². The van der Waals surface area contributed by atoms with Crippen LogP contribution < -0.4 is 0 Å². The highest BCUT2D eigenvalue weighted by Gasteiger charge is 2.35. The predicted molar refractivity (Wildman–Crippen MR) is 86.1 cm³/mol. The van der Waals surface area contributed by atoms with Crippen LogP contribution in [0.2, 0.25) is 0 Å². The molecule has 0 aliphatic carbocycles. The fourth-order valence-electron chi connectivity index (χ4n) is 2.31. The SMILES string of the molecule is CC(C)N(C(C)C)P(OCCC#N)OC[C@H]1COC(C)(C)O1. The van der Waals surface area contributed by atoms with Crippen molar-refractivity contribution in [3.63, 3.8) is 0 Å². The van der Waals surface area contributed by atoms with Crippen molar-refractivity contribution in [2.24, 2.45) is 0 Å². The molecule has 1 aliphatic heterocycles. The molecule has 0 radical (unpaired) electrons. The lowest BCUT2D eigenvalue weighted by Crippen LogP contribution is -2.34. The molecule has 22 heavy (non-hydrogen) atoms. The number of ether oxygens (including phenoxy) is 2. The van der Waals surface area contributed by atoms with E-state index in [9.17, 15) is 0 Å². The van der Waals surface area contributed by atoms with Crippen molar-refractivity contribution in [3.05, 3.63) is 0 Å². The summed E-state index contributed by atoms with van der Waals surface area (Å²) in [6, 6.07) is 2.69. The van der Waals surface area contributed by atoms with E-state index in [1.54, 1.807) is 0 Å². The number of hydrogen-bond acceptors (Lipinski definition) is 6. The Morgan fingerprint density at radius 1 is 1.27 bits per heavy atom. The lowest BCUT2D eigenvalue weighted by molar-refractivity contribution is -0.141. The summed E-state index contributed by atoms with van der Waals surface area (Å²) in [5.41, 5.74) is 0. The zero-order valence-electron chi connectivity index (χ0n) is 14.5. The topological polar surface area (TPSA) is 64.0 Å². The second kappa shape index (κ2) is 9.12. The number of nitriles is 1. The molecule has 1 heterocycles. The number of nitrogens with zero attached hydrogens (tertiary/aromatic N) is 2. The van der Waals surface area contributed by atoms with E-state index in [2.05, 4.69) is 38.4 Å². The second-order valence-electron chi connectivity index (χ2n) is 6.29. The maximum Gasteiger partial charge on any atom is 0.259 e. The van der Waals surface area contributed by atoms with Crippen LogP contribution in [-0.4, -0.2) is 48.5 Å². The Hall–Kier alpha value is -0.280. The van der Waals surface area contributed by atoms with Crippen molar-refractivity contribution in [1.29, 1.82) is 5.26 Å². The predicted octanol–water partition coefficient (Wildman–Crippen LogP) is 3.43. The molecule has 0 saturated carbocycles. The van der Waals surface area contributed by atoms with Gasteiger partial charge in [-0.05, 0) is 41.5 Å². The van der Waals surface area contributed by atoms with Gasteiger partial charge >= 0.3 is 0 Å². The van der Waals surface area contributed by atoms with E-state index < -0.39 is 14.3 Å². The van der Waals surface area contributed by atoms with E-state index in [1.165, 1.54) is 0 Å². The van der Waals surface area contributed by atoms with Crippen LogP contribution in [0, 0.1) is 11.3 Å². The fraction of sp³-hybridized carbons (Fsp3) is 0.933. The third-order valence-corrected chi connectivity index (χ3v) is 5.17. The van der Waals surface area contributed by atoms with Crippen molar-refractivity contribution in [2.75, 3.05) is 19.8 Å². The zero-order chi connectivity index (χ0) is 16.8. The fourth-order valence-corrected chi connectivity index (χ4v) is 3.94. The van der Waals surface area contributed by atoms with Crippen molar-refractivity contribution < 1.29 is 18.5 Å². The van der Waals surface area contributed by atoms with E-state index in [-0.39, 0.29) is 6.10 Å². The quantitative estimate of drug-likeness (QED) is 0.476. The minimum atomic E-state index is -1.21. The summed E-state index contributed by atoms with van der Waals surface area (Å²) >= 11 is 0. The van der Waals surface area contributed by atoms with Gasteiger partial charge in [-0.15, -0.1) is 0 Å². The first-order valence-electron chi connectivity index (χ1n) is 7.79. The van der Waals surface area contributed by atoms with Crippen LogP contribution in [0.1, 0.15) is 48.0 Å². The molecule has 1 unspecified atom stereocenters. The highest BCUT2D eigenvalue weighted by molar-refractivity contribution is 7.44. The van der Waals surface area contributed by atoms with Crippen LogP contribution in [0.15, 0.2) is 0 Å². The van der Waals surface area contributed by atoms with Crippen molar-refractivity contribution >= 4 is 8.53 Å². The second-order valence-corrected chi connectivity index (χ2v) is 7.75. The van der Waals surface area contributed by atoms with Crippen LogP contribution in [0.25, 0.3) is 0 Å². The Kier molecular flexibility index (Phi) is 8.20. The standard InChI is InChI=1S/C15H29N2O4P/c1-12(2)17(13(3)4)22(19-9-7-8-16)20-11-14-10-18-15(5,6)21-14/h12-14H,7,9-11H2,1-6H3/t14-,22?/m1/s1. The first-order chi connectivity index (χ1) is 10.3. The first-order valence-corrected chi connectivity index (χ1v) is 8.92. The van der Waals surface area contributed by atoms with Gasteiger partial charge in [0.1, 0.15) is 6.10 Å². The summed E-state index contributed by atoms with van der Waals surface area (Å²) in [6.45, 7) is 13.6.